The van der Waals surface area contributed by atoms with Gasteiger partial charge in [0, 0.05) is 5.54 Å². The predicted molar refractivity (Wildman–Crippen MR) is 58.2 cm³/mol. The largest absolute Gasteiger partial charge is 0.218 e. The van der Waals surface area contributed by atoms with Gasteiger partial charge < -0.3 is 0 Å². The maximum absolute atomic E-state index is 11.6. The summed E-state index contributed by atoms with van der Waals surface area (Å²) in [5.74, 6) is 0. The Bertz CT molecular complexity index is 446. The highest BCUT2D eigenvalue weighted by atomic mass is 35.5. The molecule has 0 fully saturated rings. The Morgan fingerprint density at radius 2 is 1.79 bits per heavy atom. The van der Waals surface area contributed by atoms with Gasteiger partial charge >= 0.3 is 0 Å². The highest BCUT2D eigenvalue weighted by Gasteiger charge is 2.17. The second-order valence-corrected chi connectivity index (χ2v) is 5.50. The van der Waals surface area contributed by atoms with E-state index in [9.17, 15) is 8.42 Å². The quantitative estimate of drug-likeness (QED) is 0.809. The van der Waals surface area contributed by atoms with Gasteiger partial charge in [0.15, 0.2) is 0 Å². The van der Waals surface area contributed by atoms with Gasteiger partial charge in [-0.15, -0.1) is 0 Å². The molecule has 0 N–H and O–H groups in total. The van der Waals surface area contributed by atoms with E-state index in [0.29, 0.717) is 0 Å². The third-order valence-electron chi connectivity index (χ3n) is 1.67. The standard InChI is InChI=1S/C9H8Cl2O2S/c1-7-2-4-8(5-3-7)14(12,13)9(11)6-10/h2-6H,1H3/b9-6+. The van der Waals surface area contributed by atoms with Crippen LogP contribution in [0, 0.1) is 6.92 Å². The molecule has 0 unspecified atom stereocenters. The molecule has 0 heterocycles. The molecule has 1 rings (SSSR count). The van der Waals surface area contributed by atoms with Crippen molar-refractivity contribution >= 4 is 33.0 Å². The van der Waals surface area contributed by atoms with Gasteiger partial charge in [0.2, 0.25) is 9.84 Å². The number of hydrogen-bond donors (Lipinski definition) is 0. The monoisotopic (exact) mass is 250 g/mol. The van der Waals surface area contributed by atoms with E-state index in [1.54, 1.807) is 12.1 Å². The zero-order valence-corrected chi connectivity index (χ0v) is 9.70. The van der Waals surface area contributed by atoms with Crippen molar-refractivity contribution in [3.8, 4) is 0 Å². The molecule has 0 amide bonds. The van der Waals surface area contributed by atoms with Crippen LogP contribution in [0.1, 0.15) is 5.56 Å². The molecule has 0 radical (unpaired) electrons. The van der Waals surface area contributed by atoms with Crippen LogP contribution in [0.2, 0.25) is 0 Å². The van der Waals surface area contributed by atoms with Crippen LogP contribution >= 0.6 is 23.2 Å². The summed E-state index contributed by atoms with van der Waals surface area (Å²) in [5.41, 5.74) is 1.83. The van der Waals surface area contributed by atoms with E-state index in [2.05, 4.69) is 0 Å². The molecule has 0 aliphatic rings. The molecule has 1 aromatic rings. The molecule has 5 heteroatoms. The highest BCUT2D eigenvalue weighted by Crippen LogP contribution is 2.22. The van der Waals surface area contributed by atoms with Crippen LogP contribution in [0.4, 0.5) is 0 Å². The summed E-state index contributed by atoms with van der Waals surface area (Å²) in [6.45, 7) is 1.87. The highest BCUT2D eigenvalue weighted by molar-refractivity contribution is 7.97. The van der Waals surface area contributed by atoms with Crippen molar-refractivity contribution < 1.29 is 8.42 Å². The summed E-state index contributed by atoms with van der Waals surface area (Å²) < 4.78 is 22.8. The Labute approximate surface area is 93.1 Å². The number of rotatable bonds is 2. The zero-order valence-electron chi connectivity index (χ0n) is 7.37. The number of aryl methyl sites for hydroxylation is 1. The molecule has 0 aliphatic heterocycles. The van der Waals surface area contributed by atoms with Gasteiger partial charge in [-0.1, -0.05) is 40.9 Å². The van der Waals surface area contributed by atoms with Gasteiger partial charge in [-0.25, -0.2) is 8.42 Å². The number of halogens is 2. The third-order valence-corrected chi connectivity index (χ3v) is 4.38. The first-order valence-corrected chi connectivity index (χ1v) is 6.06. The van der Waals surface area contributed by atoms with Crippen LogP contribution in [0.3, 0.4) is 0 Å². The Balaban J connectivity index is 3.25. The van der Waals surface area contributed by atoms with Gasteiger partial charge in [0.25, 0.3) is 0 Å². The van der Waals surface area contributed by atoms with E-state index >= 15 is 0 Å². The summed E-state index contributed by atoms with van der Waals surface area (Å²) in [6, 6.07) is 6.39. The molecule has 0 saturated heterocycles. The molecule has 2 nitrogen and oxygen atoms in total. The maximum Gasteiger partial charge on any atom is 0.218 e. The SMILES string of the molecule is Cc1ccc(S(=O)(=O)/C(Cl)=C/Cl)cc1. The first kappa shape index (κ1) is 11.6. The summed E-state index contributed by atoms with van der Waals surface area (Å²) in [4.78, 5) is 0.144. The first-order valence-electron chi connectivity index (χ1n) is 3.76. The Morgan fingerprint density at radius 3 is 2.21 bits per heavy atom. The van der Waals surface area contributed by atoms with Crippen LogP contribution in [0.5, 0.6) is 0 Å². The van der Waals surface area contributed by atoms with Crippen molar-refractivity contribution in [2.24, 2.45) is 0 Å². The minimum atomic E-state index is -3.61. The van der Waals surface area contributed by atoms with Crippen molar-refractivity contribution in [3.05, 3.63) is 39.7 Å². The van der Waals surface area contributed by atoms with Crippen LogP contribution in [0.25, 0.3) is 0 Å². The molecule has 0 spiro atoms. The summed E-state index contributed by atoms with van der Waals surface area (Å²) in [5, 5.41) is 0. The lowest BCUT2D eigenvalue weighted by Crippen LogP contribution is -1.99. The van der Waals surface area contributed by atoms with Crippen LogP contribution in [0.15, 0.2) is 39.1 Å². The lowest BCUT2D eigenvalue weighted by atomic mass is 10.2. The van der Waals surface area contributed by atoms with Gasteiger partial charge in [0.1, 0.15) is 4.36 Å². The molecule has 0 bridgehead atoms. The normalized spacial score (nSPS) is 12.9. The molecular weight excluding hydrogens is 243 g/mol. The summed E-state index contributed by atoms with van der Waals surface area (Å²) in [7, 11) is -3.61. The van der Waals surface area contributed by atoms with Crippen molar-refractivity contribution in [1.82, 2.24) is 0 Å². The Morgan fingerprint density at radius 1 is 1.29 bits per heavy atom. The molecule has 0 atom stereocenters. The number of hydrogen-bond acceptors (Lipinski definition) is 2. The van der Waals surface area contributed by atoms with Crippen LogP contribution < -0.4 is 0 Å². The molecule has 76 valence electrons. The van der Waals surface area contributed by atoms with Gasteiger partial charge in [-0.3, -0.25) is 0 Å². The second kappa shape index (κ2) is 4.34. The van der Waals surface area contributed by atoms with E-state index in [1.807, 2.05) is 6.92 Å². The predicted octanol–water partition coefficient (Wildman–Crippen LogP) is 3.05. The average molecular weight is 251 g/mol. The maximum atomic E-state index is 11.6. The van der Waals surface area contributed by atoms with E-state index in [-0.39, 0.29) is 9.26 Å². The minimum Gasteiger partial charge on any atom is -0.218 e. The summed E-state index contributed by atoms with van der Waals surface area (Å²) >= 11 is 10.7. The fourth-order valence-corrected chi connectivity index (χ4v) is 2.34. The van der Waals surface area contributed by atoms with Gasteiger partial charge in [-0.05, 0) is 19.1 Å². The second-order valence-electron chi connectivity index (χ2n) is 2.73. The molecule has 1 aromatic carbocycles. The number of benzene rings is 1. The molecule has 0 aliphatic carbocycles. The fraction of sp³-hybridized carbons (Fsp3) is 0.111. The molecule has 14 heavy (non-hydrogen) atoms. The van der Waals surface area contributed by atoms with Crippen molar-refractivity contribution in [1.29, 1.82) is 0 Å². The van der Waals surface area contributed by atoms with Crippen molar-refractivity contribution in [3.63, 3.8) is 0 Å². The Hall–Kier alpha value is -0.510. The molecule has 0 saturated carbocycles. The molecule has 0 aromatic heterocycles. The Kier molecular flexibility index (Phi) is 3.59. The summed E-state index contributed by atoms with van der Waals surface area (Å²) in [6.07, 6.45) is 0. The van der Waals surface area contributed by atoms with Crippen molar-refractivity contribution in [2.75, 3.05) is 0 Å². The smallest absolute Gasteiger partial charge is 0.218 e. The topological polar surface area (TPSA) is 34.1 Å². The van der Waals surface area contributed by atoms with Crippen LogP contribution in [-0.4, -0.2) is 8.42 Å². The van der Waals surface area contributed by atoms with Crippen molar-refractivity contribution in [2.45, 2.75) is 11.8 Å². The van der Waals surface area contributed by atoms with E-state index in [1.165, 1.54) is 12.1 Å². The number of sulfone groups is 1. The van der Waals surface area contributed by atoms with Gasteiger partial charge in [0.05, 0.1) is 4.90 Å². The lowest BCUT2D eigenvalue weighted by Gasteiger charge is -2.01. The minimum absolute atomic E-state index is 0.144. The van der Waals surface area contributed by atoms with E-state index < -0.39 is 9.84 Å². The first-order chi connectivity index (χ1) is 6.48. The van der Waals surface area contributed by atoms with Crippen LogP contribution in [-0.2, 0) is 9.84 Å². The van der Waals surface area contributed by atoms with E-state index in [0.717, 1.165) is 11.1 Å². The lowest BCUT2D eigenvalue weighted by molar-refractivity contribution is 0.604. The molecular formula is C9H8Cl2O2S. The van der Waals surface area contributed by atoms with Gasteiger partial charge in [-0.2, -0.15) is 0 Å². The van der Waals surface area contributed by atoms with E-state index in [4.69, 9.17) is 23.2 Å². The average Bonchev–Trinajstić information content (AvgIpc) is 2.17. The third kappa shape index (κ3) is 2.29. The fourth-order valence-electron chi connectivity index (χ4n) is 0.889. The zero-order chi connectivity index (χ0) is 10.8.